The van der Waals surface area contributed by atoms with Gasteiger partial charge < -0.3 is 15.2 Å². The number of nitrogens with one attached hydrogen (secondary N) is 1. The Balaban J connectivity index is 1.49. The lowest BCUT2D eigenvalue weighted by Crippen LogP contribution is -2.51. The Labute approximate surface area is 152 Å². The highest BCUT2D eigenvalue weighted by Crippen LogP contribution is 2.27. The number of hydrogen-bond acceptors (Lipinski definition) is 4. The fourth-order valence-corrected chi connectivity index (χ4v) is 4.41. The molecule has 140 valence electrons. The Morgan fingerprint density at radius 2 is 1.96 bits per heavy atom. The van der Waals surface area contributed by atoms with Crippen molar-refractivity contribution < 1.29 is 9.84 Å². The Morgan fingerprint density at radius 3 is 2.68 bits per heavy atom. The molecule has 1 aliphatic carbocycles. The van der Waals surface area contributed by atoms with Crippen LogP contribution < -0.4 is 10.1 Å². The van der Waals surface area contributed by atoms with Gasteiger partial charge >= 0.3 is 0 Å². The van der Waals surface area contributed by atoms with Gasteiger partial charge in [-0.15, -0.1) is 0 Å². The van der Waals surface area contributed by atoms with E-state index in [9.17, 15) is 5.11 Å². The lowest BCUT2D eigenvalue weighted by atomic mass is 9.89. The SMILES string of the molecule is CCOc1cccc(C(C)NC2CCN(C3CCCCC3O)CC2)c1. The number of nitrogens with zero attached hydrogens (tertiary/aromatic N) is 1. The Hall–Kier alpha value is -1.10. The molecule has 2 fully saturated rings. The molecule has 1 heterocycles. The average Bonchev–Trinajstić information content (AvgIpc) is 2.63. The number of rotatable bonds is 6. The van der Waals surface area contributed by atoms with Crippen LogP contribution in [0.2, 0.25) is 0 Å². The van der Waals surface area contributed by atoms with Gasteiger partial charge in [0.25, 0.3) is 0 Å². The highest BCUT2D eigenvalue weighted by Gasteiger charge is 2.31. The van der Waals surface area contributed by atoms with Crippen LogP contribution in [0.15, 0.2) is 24.3 Å². The standard InChI is InChI=1S/C21H34N2O2/c1-3-25-19-8-6-7-17(15-19)16(2)22-18-11-13-23(14-12-18)20-9-4-5-10-21(20)24/h6-8,15-16,18,20-22,24H,3-5,9-14H2,1-2H3. The van der Waals surface area contributed by atoms with Gasteiger partial charge in [-0.2, -0.15) is 0 Å². The summed E-state index contributed by atoms with van der Waals surface area (Å²) in [4.78, 5) is 2.53. The molecule has 4 heteroatoms. The Kier molecular flexibility index (Phi) is 6.74. The van der Waals surface area contributed by atoms with Crippen molar-refractivity contribution in [2.75, 3.05) is 19.7 Å². The van der Waals surface area contributed by atoms with Crippen molar-refractivity contribution in [3.63, 3.8) is 0 Å². The molecular weight excluding hydrogens is 312 g/mol. The molecule has 0 aromatic heterocycles. The second kappa shape index (κ2) is 9.02. The van der Waals surface area contributed by atoms with E-state index >= 15 is 0 Å². The van der Waals surface area contributed by atoms with E-state index in [4.69, 9.17) is 4.74 Å². The van der Waals surface area contributed by atoms with E-state index < -0.39 is 0 Å². The number of likely N-dealkylation sites (tertiary alicyclic amines) is 1. The topological polar surface area (TPSA) is 44.7 Å². The Morgan fingerprint density at radius 1 is 1.20 bits per heavy atom. The molecule has 1 aliphatic heterocycles. The van der Waals surface area contributed by atoms with Crippen molar-refractivity contribution in [1.82, 2.24) is 10.2 Å². The first kappa shape index (κ1) is 18.7. The number of aliphatic hydroxyl groups excluding tert-OH is 1. The molecular formula is C21H34N2O2. The van der Waals surface area contributed by atoms with E-state index in [-0.39, 0.29) is 6.10 Å². The summed E-state index contributed by atoms with van der Waals surface area (Å²) in [6, 6.07) is 9.71. The molecule has 3 unspecified atom stereocenters. The molecule has 1 saturated carbocycles. The fraction of sp³-hybridized carbons (Fsp3) is 0.714. The summed E-state index contributed by atoms with van der Waals surface area (Å²) >= 11 is 0. The summed E-state index contributed by atoms with van der Waals surface area (Å²) in [5.41, 5.74) is 1.29. The third-order valence-corrected chi connectivity index (χ3v) is 5.85. The van der Waals surface area contributed by atoms with Crippen LogP contribution in [0, 0.1) is 0 Å². The minimum atomic E-state index is -0.113. The molecule has 0 bridgehead atoms. The summed E-state index contributed by atoms with van der Waals surface area (Å²) in [6.07, 6.45) is 6.83. The van der Waals surface area contributed by atoms with E-state index in [0.29, 0.717) is 24.7 Å². The van der Waals surface area contributed by atoms with E-state index in [1.54, 1.807) is 0 Å². The summed E-state index contributed by atoms with van der Waals surface area (Å²) in [5, 5.41) is 14.1. The lowest BCUT2D eigenvalue weighted by Gasteiger charge is -2.42. The predicted octanol–water partition coefficient (Wildman–Crippen LogP) is 3.50. The van der Waals surface area contributed by atoms with Crippen LogP contribution in [0.25, 0.3) is 0 Å². The molecule has 2 aliphatic rings. The third-order valence-electron chi connectivity index (χ3n) is 5.85. The molecule has 4 nitrogen and oxygen atoms in total. The number of benzene rings is 1. The summed E-state index contributed by atoms with van der Waals surface area (Å²) in [7, 11) is 0. The van der Waals surface area contributed by atoms with Gasteiger partial charge in [0.2, 0.25) is 0 Å². The maximum Gasteiger partial charge on any atom is 0.119 e. The van der Waals surface area contributed by atoms with Gasteiger partial charge in [-0.1, -0.05) is 25.0 Å². The zero-order valence-electron chi connectivity index (χ0n) is 15.8. The lowest BCUT2D eigenvalue weighted by molar-refractivity contribution is 0.00671. The highest BCUT2D eigenvalue weighted by molar-refractivity contribution is 5.30. The molecule has 1 saturated heterocycles. The smallest absolute Gasteiger partial charge is 0.119 e. The fourth-order valence-electron chi connectivity index (χ4n) is 4.41. The zero-order valence-corrected chi connectivity index (χ0v) is 15.8. The maximum atomic E-state index is 10.3. The largest absolute Gasteiger partial charge is 0.494 e. The highest BCUT2D eigenvalue weighted by atomic mass is 16.5. The van der Waals surface area contributed by atoms with E-state index in [2.05, 4.69) is 35.3 Å². The van der Waals surface area contributed by atoms with Gasteiger partial charge in [-0.3, -0.25) is 4.90 Å². The average molecular weight is 347 g/mol. The summed E-state index contributed by atoms with van der Waals surface area (Å²) in [5.74, 6) is 0.953. The van der Waals surface area contributed by atoms with Crippen molar-refractivity contribution in [3.8, 4) is 5.75 Å². The minimum Gasteiger partial charge on any atom is -0.494 e. The maximum absolute atomic E-state index is 10.3. The number of ether oxygens (including phenoxy) is 1. The van der Waals surface area contributed by atoms with Gasteiger partial charge in [-0.05, 0) is 57.2 Å². The second-order valence-corrected chi connectivity index (χ2v) is 7.62. The monoisotopic (exact) mass is 346 g/mol. The number of aliphatic hydroxyl groups is 1. The van der Waals surface area contributed by atoms with Gasteiger partial charge in [0.05, 0.1) is 12.7 Å². The van der Waals surface area contributed by atoms with Crippen LogP contribution in [0.5, 0.6) is 5.75 Å². The van der Waals surface area contributed by atoms with Gasteiger partial charge in [-0.25, -0.2) is 0 Å². The van der Waals surface area contributed by atoms with Crippen LogP contribution in [0.3, 0.4) is 0 Å². The van der Waals surface area contributed by atoms with Crippen molar-refractivity contribution in [1.29, 1.82) is 0 Å². The molecule has 1 aromatic carbocycles. The summed E-state index contributed by atoms with van der Waals surface area (Å²) in [6.45, 7) is 7.17. The molecule has 3 rings (SSSR count). The minimum absolute atomic E-state index is 0.113. The molecule has 3 atom stereocenters. The van der Waals surface area contributed by atoms with Crippen molar-refractivity contribution >= 4 is 0 Å². The normalized spacial score (nSPS) is 27.2. The predicted molar refractivity (Wildman–Crippen MR) is 102 cm³/mol. The van der Waals surface area contributed by atoms with Crippen LogP contribution in [0.4, 0.5) is 0 Å². The first-order valence-electron chi connectivity index (χ1n) is 10.1. The van der Waals surface area contributed by atoms with Crippen LogP contribution in [-0.4, -0.2) is 47.9 Å². The van der Waals surface area contributed by atoms with Gasteiger partial charge in [0.15, 0.2) is 0 Å². The number of hydrogen-bond donors (Lipinski definition) is 2. The van der Waals surface area contributed by atoms with Crippen molar-refractivity contribution in [2.45, 2.75) is 76.6 Å². The molecule has 2 N–H and O–H groups in total. The third kappa shape index (κ3) is 4.96. The molecule has 0 amide bonds. The van der Waals surface area contributed by atoms with Crippen LogP contribution in [-0.2, 0) is 0 Å². The van der Waals surface area contributed by atoms with Crippen LogP contribution >= 0.6 is 0 Å². The summed E-state index contributed by atoms with van der Waals surface area (Å²) < 4.78 is 5.62. The zero-order chi connectivity index (χ0) is 17.6. The molecule has 25 heavy (non-hydrogen) atoms. The molecule has 0 radical (unpaired) electrons. The first-order valence-corrected chi connectivity index (χ1v) is 10.1. The van der Waals surface area contributed by atoms with E-state index in [1.807, 2.05) is 13.0 Å². The quantitative estimate of drug-likeness (QED) is 0.827. The second-order valence-electron chi connectivity index (χ2n) is 7.62. The van der Waals surface area contributed by atoms with Gasteiger partial charge in [0.1, 0.15) is 5.75 Å². The molecule has 0 spiro atoms. The first-order chi connectivity index (χ1) is 12.2. The Bertz CT molecular complexity index is 528. The van der Waals surface area contributed by atoms with E-state index in [0.717, 1.165) is 25.3 Å². The van der Waals surface area contributed by atoms with E-state index in [1.165, 1.54) is 37.7 Å². The van der Waals surface area contributed by atoms with Crippen molar-refractivity contribution in [2.24, 2.45) is 0 Å². The van der Waals surface area contributed by atoms with Gasteiger partial charge in [0, 0.05) is 31.2 Å². The van der Waals surface area contributed by atoms with Crippen LogP contribution in [0.1, 0.15) is 64.0 Å². The van der Waals surface area contributed by atoms with Crippen molar-refractivity contribution in [3.05, 3.63) is 29.8 Å². The number of piperidine rings is 1. The molecule has 1 aromatic rings.